The lowest BCUT2D eigenvalue weighted by Gasteiger charge is -2.46. The predicted molar refractivity (Wildman–Crippen MR) is 95.9 cm³/mol. The molecule has 1 saturated carbocycles. The Hall–Kier alpha value is -2.29. The average Bonchev–Trinajstić information content (AvgIpc) is 2.62. The second-order valence-corrected chi connectivity index (χ2v) is 7.51. The number of rotatable bonds is 5. The molecule has 0 bridgehead atoms. The summed E-state index contributed by atoms with van der Waals surface area (Å²) in [5, 5.41) is 14.5. The molecule has 2 fully saturated rings. The summed E-state index contributed by atoms with van der Waals surface area (Å²) in [7, 11) is 0. The molecule has 1 aromatic rings. The minimum absolute atomic E-state index is 0.00990. The number of benzene rings is 1. The molecule has 3 rings (SSSR count). The van der Waals surface area contributed by atoms with E-state index < -0.39 is 18.1 Å². The molecule has 0 aromatic heterocycles. The van der Waals surface area contributed by atoms with Gasteiger partial charge in [-0.25, -0.2) is 9.59 Å². The van der Waals surface area contributed by atoms with Crippen LogP contribution in [0.5, 0.6) is 0 Å². The quantitative estimate of drug-likeness (QED) is 0.711. The molecule has 0 spiro atoms. The number of nitrogens with one attached hydrogen (secondary N) is 2. The van der Waals surface area contributed by atoms with Crippen molar-refractivity contribution < 1.29 is 27.9 Å². The maximum atomic E-state index is 12.7. The van der Waals surface area contributed by atoms with E-state index in [0.717, 1.165) is 12.8 Å². The number of alkyl halides is 3. The van der Waals surface area contributed by atoms with E-state index in [0.29, 0.717) is 18.7 Å². The summed E-state index contributed by atoms with van der Waals surface area (Å²) in [5.74, 6) is -2.21. The molecule has 28 heavy (non-hydrogen) atoms. The fourth-order valence-corrected chi connectivity index (χ4v) is 3.83. The highest BCUT2D eigenvalue weighted by Crippen LogP contribution is 2.36. The lowest BCUT2D eigenvalue weighted by molar-refractivity contribution is -0.187. The van der Waals surface area contributed by atoms with Crippen LogP contribution in [0.3, 0.4) is 0 Å². The van der Waals surface area contributed by atoms with E-state index in [1.165, 1.54) is 12.1 Å². The second kappa shape index (κ2) is 8.38. The Morgan fingerprint density at radius 3 is 2.46 bits per heavy atom. The normalized spacial score (nSPS) is 23.7. The average molecular weight is 399 g/mol. The van der Waals surface area contributed by atoms with Gasteiger partial charge in [-0.05, 0) is 56.5 Å². The minimum Gasteiger partial charge on any atom is -0.478 e. The summed E-state index contributed by atoms with van der Waals surface area (Å²) in [4.78, 5) is 25.0. The van der Waals surface area contributed by atoms with Gasteiger partial charge in [-0.2, -0.15) is 13.2 Å². The Labute approximate surface area is 161 Å². The fraction of sp³-hybridized carbons (Fsp3) is 0.579. The number of carbonyl (C=O) groups is 2. The first-order chi connectivity index (χ1) is 13.2. The van der Waals surface area contributed by atoms with E-state index in [-0.39, 0.29) is 43.1 Å². The summed E-state index contributed by atoms with van der Waals surface area (Å²) in [6, 6.07) is 6.25. The maximum absolute atomic E-state index is 12.7. The number of carbonyl (C=O) groups excluding carboxylic acids is 1. The molecule has 0 radical (unpaired) electrons. The number of amides is 2. The molecular weight excluding hydrogens is 375 g/mol. The monoisotopic (exact) mass is 399 g/mol. The number of aromatic carboxylic acids is 1. The van der Waals surface area contributed by atoms with Gasteiger partial charge in [0.2, 0.25) is 0 Å². The van der Waals surface area contributed by atoms with Crippen LogP contribution < -0.4 is 10.6 Å². The van der Waals surface area contributed by atoms with E-state index in [1.807, 2.05) is 0 Å². The Bertz CT molecular complexity index is 712. The number of likely N-dealkylation sites (tertiary alicyclic amines) is 1. The number of carboxylic acids is 1. The van der Waals surface area contributed by atoms with Gasteiger partial charge in [-0.3, -0.25) is 0 Å². The van der Waals surface area contributed by atoms with Crippen molar-refractivity contribution in [2.24, 2.45) is 5.92 Å². The third-order valence-electron chi connectivity index (χ3n) is 5.58. The summed E-state index contributed by atoms with van der Waals surface area (Å²) in [5.41, 5.74) is 0.852. The SMILES string of the molecule is O=C(NCc1cccc(C(=O)O)c1)NC1CC(N2CCC(C(F)(F)F)CC2)C1. The van der Waals surface area contributed by atoms with Crippen molar-refractivity contribution in [2.45, 2.75) is 50.5 Å². The van der Waals surface area contributed by atoms with E-state index in [2.05, 4.69) is 15.5 Å². The first-order valence-electron chi connectivity index (χ1n) is 9.39. The number of hydrogen-bond donors (Lipinski definition) is 3. The van der Waals surface area contributed by atoms with Crippen LogP contribution in [0, 0.1) is 5.92 Å². The smallest absolute Gasteiger partial charge is 0.391 e. The van der Waals surface area contributed by atoms with Crippen LogP contribution in [0.25, 0.3) is 0 Å². The van der Waals surface area contributed by atoms with Crippen LogP contribution in [0.2, 0.25) is 0 Å². The number of urea groups is 1. The van der Waals surface area contributed by atoms with Gasteiger partial charge in [-0.15, -0.1) is 0 Å². The number of piperidine rings is 1. The van der Waals surface area contributed by atoms with Crippen LogP contribution in [-0.2, 0) is 6.54 Å². The number of halogens is 3. The topological polar surface area (TPSA) is 81.7 Å². The van der Waals surface area contributed by atoms with E-state index in [1.54, 1.807) is 12.1 Å². The third-order valence-corrected chi connectivity index (χ3v) is 5.58. The molecule has 2 aliphatic rings. The molecule has 1 aliphatic heterocycles. The molecule has 9 heteroatoms. The molecule has 2 amide bonds. The standard InChI is InChI=1S/C19H24F3N3O3/c20-19(21,22)14-4-6-25(7-5-14)16-9-15(10-16)24-18(28)23-11-12-2-1-3-13(8-12)17(26)27/h1-3,8,14-16H,4-7,9-11H2,(H,26,27)(H2,23,24,28). The van der Waals surface area contributed by atoms with Crippen LogP contribution in [0.4, 0.5) is 18.0 Å². The first kappa shape index (κ1) is 20.4. The van der Waals surface area contributed by atoms with Crippen molar-refractivity contribution in [3.63, 3.8) is 0 Å². The van der Waals surface area contributed by atoms with Gasteiger partial charge in [0.15, 0.2) is 0 Å². The van der Waals surface area contributed by atoms with E-state index in [4.69, 9.17) is 5.11 Å². The molecule has 0 unspecified atom stereocenters. The molecule has 3 N–H and O–H groups in total. The zero-order valence-electron chi connectivity index (χ0n) is 15.3. The Balaban J connectivity index is 1.35. The second-order valence-electron chi connectivity index (χ2n) is 7.51. The summed E-state index contributed by atoms with van der Waals surface area (Å²) < 4.78 is 38.2. The van der Waals surface area contributed by atoms with Gasteiger partial charge in [0.1, 0.15) is 0 Å². The summed E-state index contributed by atoms with van der Waals surface area (Å²) >= 11 is 0. The number of nitrogens with zero attached hydrogens (tertiary/aromatic N) is 1. The molecule has 0 atom stereocenters. The van der Waals surface area contributed by atoms with Crippen molar-refractivity contribution in [1.82, 2.24) is 15.5 Å². The Morgan fingerprint density at radius 1 is 1.18 bits per heavy atom. The Kier molecular flexibility index (Phi) is 6.12. The van der Waals surface area contributed by atoms with Crippen molar-refractivity contribution in [2.75, 3.05) is 13.1 Å². The van der Waals surface area contributed by atoms with Gasteiger partial charge in [-0.1, -0.05) is 12.1 Å². The molecule has 6 nitrogen and oxygen atoms in total. The summed E-state index contributed by atoms with van der Waals surface area (Å²) in [6.45, 7) is 1.12. The summed E-state index contributed by atoms with van der Waals surface area (Å²) in [6.07, 6.45) is -2.34. The number of carboxylic acid groups (broad SMARTS) is 1. The predicted octanol–water partition coefficient (Wildman–Crippen LogP) is 2.99. The fourth-order valence-electron chi connectivity index (χ4n) is 3.83. The maximum Gasteiger partial charge on any atom is 0.391 e. The highest BCUT2D eigenvalue weighted by molar-refractivity contribution is 5.87. The first-order valence-corrected chi connectivity index (χ1v) is 9.39. The lowest BCUT2D eigenvalue weighted by Crippen LogP contribution is -2.57. The molecule has 1 heterocycles. The number of hydrogen-bond acceptors (Lipinski definition) is 3. The van der Waals surface area contributed by atoms with Gasteiger partial charge in [0.05, 0.1) is 11.5 Å². The van der Waals surface area contributed by atoms with Gasteiger partial charge in [0, 0.05) is 18.6 Å². The van der Waals surface area contributed by atoms with Crippen molar-refractivity contribution in [1.29, 1.82) is 0 Å². The molecular formula is C19H24F3N3O3. The highest BCUT2D eigenvalue weighted by atomic mass is 19.4. The van der Waals surface area contributed by atoms with Crippen LogP contribution in [-0.4, -0.2) is 53.4 Å². The van der Waals surface area contributed by atoms with E-state index in [9.17, 15) is 22.8 Å². The van der Waals surface area contributed by atoms with Crippen molar-refractivity contribution >= 4 is 12.0 Å². The van der Waals surface area contributed by atoms with Gasteiger partial charge >= 0.3 is 18.2 Å². The lowest BCUT2D eigenvalue weighted by atomic mass is 9.83. The van der Waals surface area contributed by atoms with Gasteiger partial charge < -0.3 is 20.6 Å². The van der Waals surface area contributed by atoms with Crippen LogP contribution in [0.1, 0.15) is 41.6 Å². The molecule has 1 saturated heterocycles. The van der Waals surface area contributed by atoms with Crippen LogP contribution in [0.15, 0.2) is 24.3 Å². The zero-order chi connectivity index (χ0) is 20.3. The largest absolute Gasteiger partial charge is 0.478 e. The Morgan fingerprint density at radius 2 is 1.86 bits per heavy atom. The highest BCUT2D eigenvalue weighted by Gasteiger charge is 2.43. The van der Waals surface area contributed by atoms with Crippen molar-refractivity contribution in [3.05, 3.63) is 35.4 Å². The minimum atomic E-state index is -4.10. The van der Waals surface area contributed by atoms with Crippen LogP contribution >= 0.6 is 0 Å². The zero-order valence-corrected chi connectivity index (χ0v) is 15.3. The third kappa shape index (κ3) is 5.15. The van der Waals surface area contributed by atoms with Crippen molar-refractivity contribution in [3.8, 4) is 0 Å². The van der Waals surface area contributed by atoms with E-state index >= 15 is 0 Å². The molecule has 1 aromatic carbocycles. The molecule has 154 valence electrons. The van der Waals surface area contributed by atoms with Gasteiger partial charge in [0.25, 0.3) is 0 Å². The molecule has 1 aliphatic carbocycles.